The van der Waals surface area contributed by atoms with Crippen molar-refractivity contribution in [2.24, 2.45) is 5.92 Å². The lowest BCUT2D eigenvalue weighted by atomic mass is 10.0. The average Bonchev–Trinajstić information content (AvgIpc) is 2.93. The Labute approximate surface area is 119 Å². The van der Waals surface area contributed by atoms with Gasteiger partial charge in [0.2, 0.25) is 5.91 Å². The number of ether oxygens (including phenoxy) is 1. The molecule has 0 atom stereocenters. The maximum Gasteiger partial charge on any atom is 0.222 e. The van der Waals surface area contributed by atoms with Gasteiger partial charge < -0.3 is 9.64 Å². The molecule has 2 rings (SSSR count). The van der Waals surface area contributed by atoms with Gasteiger partial charge in [-0.1, -0.05) is 12.8 Å². The van der Waals surface area contributed by atoms with Crippen molar-refractivity contribution in [1.82, 2.24) is 4.90 Å². The molecule has 0 N–H and O–H groups in total. The van der Waals surface area contributed by atoms with Gasteiger partial charge in [0.05, 0.1) is 6.54 Å². The monoisotopic (exact) mass is 279 g/mol. The van der Waals surface area contributed by atoms with Gasteiger partial charge in [-0.25, -0.2) is 4.39 Å². The molecule has 0 spiro atoms. The van der Waals surface area contributed by atoms with Crippen molar-refractivity contribution in [3.05, 3.63) is 30.1 Å². The summed E-state index contributed by atoms with van der Waals surface area (Å²) < 4.78 is 18.2. The van der Waals surface area contributed by atoms with E-state index >= 15 is 0 Å². The standard InChI is InChI=1S/C16H22FNO2/c1-18(16(19)12-13-4-2-3-5-13)10-11-20-15-8-6-14(17)7-9-15/h6-9,13H,2-5,10-12H2,1H3. The Balaban J connectivity index is 1.67. The first kappa shape index (κ1) is 14.8. The first-order valence-electron chi connectivity index (χ1n) is 7.27. The van der Waals surface area contributed by atoms with Crippen LogP contribution < -0.4 is 4.74 Å². The summed E-state index contributed by atoms with van der Waals surface area (Å²) in [5.74, 6) is 1.12. The number of halogens is 1. The van der Waals surface area contributed by atoms with Crippen molar-refractivity contribution in [3.8, 4) is 5.75 Å². The molecule has 0 radical (unpaired) electrons. The molecule has 3 nitrogen and oxygen atoms in total. The van der Waals surface area contributed by atoms with Crippen molar-refractivity contribution in [1.29, 1.82) is 0 Å². The molecule has 0 aliphatic heterocycles. The van der Waals surface area contributed by atoms with Crippen LogP contribution in [0.3, 0.4) is 0 Å². The number of carbonyl (C=O) groups is 1. The van der Waals surface area contributed by atoms with Crippen LogP contribution in [0.5, 0.6) is 5.75 Å². The molecule has 1 aromatic rings. The van der Waals surface area contributed by atoms with Crippen LogP contribution in [0.4, 0.5) is 4.39 Å². The van der Waals surface area contributed by atoms with E-state index in [4.69, 9.17) is 4.74 Å². The lowest BCUT2D eigenvalue weighted by Gasteiger charge is -2.19. The zero-order chi connectivity index (χ0) is 14.4. The van der Waals surface area contributed by atoms with Gasteiger partial charge in [0.15, 0.2) is 0 Å². The molecular formula is C16H22FNO2. The van der Waals surface area contributed by atoms with E-state index < -0.39 is 0 Å². The molecule has 110 valence electrons. The molecule has 0 saturated heterocycles. The normalized spacial score (nSPS) is 15.3. The van der Waals surface area contributed by atoms with Gasteiger partial charge >= 0.3 is 0 Å². The number of carbonyl (C=O) groups excluding carboxylic acids is 1. The second-order valence-corrected chi connectivity index (χ2v) is 5.47. The molecule has 1 fully saturated rings. The van der Waals surface area contributed by atoms with Crippen LogP contribution in [-0.2, 0) is 4.79 Å². The fourth-order valence-electron chi connectivity index (χ4n) is 2.57. The molecule has 1 aromatic carbocycles. The quantitative estimate of drug-likeness (QED) is 0.800. The van der Waals surface area contributed by atoms with Gasteiger partial charge in [0.25, 0.3) is 0 Å². The third-order valence-corrected chi connectivity index (χ3v) is 3.87. The summed E-state index contributed by atoms with van der Waals surface area (Å²) in [4.78, 5) is 13.7. The van der Waals surface area contributed by atoms with Crippen molar-refractivity contribution in [2.75, 3.05) is 20.2 Å². The van der Waals surface area contributed by atoms with Gasteiger partial charge in [-0.2, -0.15) is 0 Å². The zero-order valence-electron chi connectivity index (χ0n) is 12.0. The highest BCUT2D eigenvalue weighted by molar-refractivity contribution is 5.76. The van der Waals surface area contributed by atoms with E-state index in [1.807, 2.05) is 7.05 Å². The smallest absolute Gasteiger partial charge is 0.222 e. The fraction of sp³-hybridized carbons (Fsp3) is 0.562. The van der Waals surface area contributed by atoms with E-state index in [0.29, 0.717) is 31.2 Å². The fourth-order valence-corrected chi connectivity index (χ4v) is 2.57. The molecule has 1 saturated carbocycles. The first-order chi connectivity index (χ1) is 9.65. The second-order valence-electron chi connectivity index (χ2n) is 5.47. The van der Waals surface area contributed by atoms with Crippen molar-refractivity contribution < 1.29 is 13.9 Å². The molecular weight excluding hydrogens is 257 g/mol. The topological polar surface area (TPSA) is 29.5 Å². The molecule has 0 bridgehead atoms. The summed E-state index contributed by atoms with van der Waals surface area (Å²) in [6.45, 7) is 0.988. The van der Waals surface area contributed by atoms with Gasteiger partial charge in [-0.3, -0.25) is 4.79 Å². The molecule has 1 amide bonds. The Morgan fingerprint density at radius 2 is 1.95 bits per heavy atom. The molecule has 1 aliphatic carbocycles. The molecule has 0 heterocycles. The van der Waals surface area contributed by atoms with Gasteiger partial charge in [-0.15, -0.1) is 0 Å². The second kappa shape index (κ2) is 7.27. The minimum absolute atomic E-state index is 0.194. The average molecular weight is 279 g/mol. The number of likely N-dealkylation sites (N-methyl/N-ethyl adjacent to an activating group) is 1. The number of benzene rings is 1. The van der Waals surface area contributed by atoms with E-state index in [1.54, 1.807) is 17.0 Å². The Kier molecular flexibility index (Phi) is 5.39. The van der Waals surface area contributed by atoms with Crippen LogP contribution >= 0.6 is 0 Å². The highest BCUT2D eigenvalue weighted by atomic mass is 19.1. The Bertz CT molecular complexity index is 427. The van der Waals surface area contributed by atoms with Crippen LogP contribution in [0.2, 0.25) is 0 Å². The zero-order valence-corrected chi connectivity index (χ0v) is 12.0. The van der Waals surface area contributed by atoms with Crippen molar-refractivity contribution >= 4 is 5.91 Å². The van der Waals surface area contributed by atoms with Gasteiger partial charge in [-0.05, 0) is 43.0 Å². The van der Waals surface area contributed by atoms with Crippen LogP contribution in [0.15, 0.2) is 24.3 Å². The summed E-state index contributed by atoms with van der Waals surface area (Å²) in [5.41, 5.74) is 0. The Morgan fingerprint density at radius 3 is 2.60 bits per heavy atom. The number of amides is 1. The van der Waals surface area contributed by atoms with Crippen LogP contribution in [0, 0.1) is 11.7 Å². The summed E-state index contributed by atoms with van der Waals surface area (Å²) >= 11 is 0. The maximum absolute atomic E-state index is 12.7. The predicted molar refractivity (Wildman–Crippen MR) is 76.1 cm³/mol. The Morgan fingerprint density at radius 1 is 1.30 bits per heavy atom. The highest BCUT2D eigenvalue weighted by Gasteiger charge is 2.20. The lowest BCUT2D eigenvalue weighted by molar-refractivity contribution is -0.131. The van der Waals surface area contributed by atoms with Crippen LogP contribution in [-0.4, -0.2) is 31.0 Å². The predicted octanol–water partition coefficient (Wildman–Crippen LogP) is 3.24. The summed E-state index contributed by atoms with van der Waals surface area (Å²) in [7, 11) is 1.81. The van der Waals surface area contributed by atoms with Gasteiger partial charge in [0.1, 0.15) is 18.2 Å². The van der Waals surface area contributed by atoms with E-state index in [0.717, 1.165) is 0 Å². The van der Waals surface area contributed by atoms with E-state index in [1.165, 1.54) is 37.8 Å². The molecule has 0 unspecified atom stereocenters. The summed E-state index contributed by atoms with van der Waals surface area (Å²) in [6.07, 6.45) is 5.55. The van der Waals surface area contributed by atoms with E-state index in [-0.39, 0.29) is 11.7 Å². The molecule has 20 heavy (non-hydrogen) atoms. The summed E-state index contributed by atoms with van der Waals surface area (Å²) in [6, 6.07) is 5.92. The third kappa shape index (κ3) is 4.51. The van der Waals surface area contributed by atoms with Crippen molar-refractivity contribution in [3.63, 3.8) is 0 Å². The first-order valence-corrected chi connectivity index (χ1v) is 7.27. The lowest BCUT2D eigenvalue weighted by Crippen LogP contribution is -2.31. The van der Waals surface area contributed by atoms with Crippen LogP contribution in [0.1, 0.15) is 32.1 Å². The maximum atomic E-state index is 12.7. The van der Waals surface area contributed by atoms with Gasteiger partial charge in [0, 0.05) is 13.5 Å². The van der Waals surface area contributed by atoms with E-state index in [9.17, 15) is 9.18 Å². The minimum atomic E-state index is -0.277. The van der Waals surface area contributed by atoms with E-state index in [2.05, 4.69) is 0 Å². The molecule has 4 heteroatoms. The molecule has 0 aromatic heterocycles. The minimum Gasteiger partial charge on any atom is -0.492 e. The number of nitrogens with zero attached hydrogens (tertiary/aromatic N) is 1. The molecule has 1 aliphatic rings. The largest absolute Gasteiger partial charge is 0.492 e. The number of rotatable bonds is 6. The Hall–Kier alpha value is -1.58. The SMILES string of the molecule is CN(CCOc1ccc(F)cc1)C(=O)CC1CCCC1. The summed E-state index contributed by atoms with van der Waals surface area (Å²) in [5, 5.41) is 0. The van der Waals surface area contributed by atoms with Crippen LogP contribution in [0.25, 0.3) is 0 Å². The highest BCUT2D eigenvalue weighted by Crippen LogP contribution is 2.27. The number of hydrogen-bond acceptors (Lipinski definition) is 2. The third-order valence-electron chi connectivity index (χ3n) is 3.87. The number of hydrogen-bond donors (Lipinski definition) is 0. The van der Waals surface area contributed by atoms with Crippen molar-refractivity contribution in [2.45, 2.75) is 32.1 Å².